The van der Waals surface area contributed by atoms with E-state index in [2.05, 4.69) is 43.1 Å². The Balaban J connectivity index is 1.47. The van der Waals surface area contributed by atoms with Crippen LogP contribution in [-0.4, -0.2) is 73.0 Å². The molecule has 1 heterocycles. The summed E-state index contributed by atoms with van der Waals surface area (Å²) >= 11 is 0. The summed E-state index contributed by atoms with van der Waals surface area (Å²) in [4.78, 5) is 25.9. The molecule has 0 bridgehead atoms. The Morgan fingerprint density at radius 1 is 0.946 bits per heavy atom. The molecule has 1 aliphatic rings. The molecular weight excluding hydrogens is 472 g/mol. The van der Waals surface area contributed by atoms with E-state index in [-0.39, 0.29) is 5.91 Å². The van der Waals surface area contributed by atoms with Crippen LogP contribution in [0, 0.1) is 0 Å². The maximum absolute atomic E-state index is 12.2. The minimum absolute atomic E-state index is 0.0495. The van der Waals surface area contributed by atoms with Gasteiger partial charge < -0.3 is 36.5 Å². The normalized spacial score (nSPS) is 13.5. The third kappa shape index (κ3) is 11.3. The molecule has 0 spiro atoms. The first kappa shape index (κ1) is 28.5. The average Bonchev–Trinajstić information content (AvgIpc) is 3.40. The first-order valence-corrected chi connectivity index (χ1v) is 13.4. The molecule has 204 valence electrons. The Morgan fingerprint density at radius 2 is 1.65 bits per heavy atom. The fourth-order valence-electron chi connectivity index (χ4n) is 3.96. The van der Waals surface area contributed by atoms with Gasteiger partial charge in [0.2, 0.25) is 23.8 Å². The predicted octanol–water partition coefficient (Wildman–Crippen LogP) is 2.83. The van der Waals surface area contributed by atoms with E-state index in [0.29, 0.717) is 69.8 Å². The van der Waals surface area contributed by atoms with Gasteiger partial charge in [-0.1, -0.05) is 38.3 Å². The number of carbonyl (C=O) groups is 1. The van der Waals surface area contributed by atoms with Crippen LogP contribution in [0.3, 0.4) is 0 Å². The van der Waals surface area contributed by atoms with Gasteiger partial charge in [-0.05, 0) is 37.0 Å². The number of hydrogen-bond acceptors (Lipinski definition) is 10. The minimum atomic E-state index is -0.0495. The maximum Gasteiger partial charge on any atom is 0.233 e. The highest BCUT2D eigenvalue weighted by Crippen LogP contribution is 2.22. The van der Waals surface area contributed by atoms with Gasteiger partial charge in [0.1, 0.15) is 0 Å². The van der Waals surface area contributed by atoms with Crippen LogP contribution in [0.25, 0.3) is 0 Å². The Morgan fingerprint density at radius 3 is 2.38 bits per heavy atom. The van der Waals surface area contributed by atoms with Crippen molar-refractivity contribution in [2.75, 3.05) is 62.0 Å². The topological polar surface area (TPSA) is 148 Å². The van der Waals surface area contributed by atoms with E-state index in [1.807, 2.05) is 24.3 Å². The summed E-state index contributed by atoms with van der Waals surface area (Å²) in [5, 5.41) is 12.9. The van der Waals surface area contributed by atoms with Crippen LogP contribution in [0.15, 0.2) is 24.3 Å². The summed E-state index contributed by atoms with van der Waals surface area (Å²) in [7, 11) is 0. The summed E-state index contributed by atoms with van der Waals surface area (Å²) in [5.74, 6) is 1.58. The van der Waals surface area contributed by atoms with Crippen molar-refractivity contribution in [2.24, 2.45) is 5.73 Å². The van der Waals surface area contributed by atoms with Gasteiger partial charge in [-0.25, -0.2) is 0 Å². The number of hydrogen-bond donors (Lipinski definition) is 5. The van der Waals surface area contributed by atoms with E-state index in [0.717, 1.165) is 43.5 Å². The van der Waals surface area contributed by atoms with Crippen molar-refractivity contribution in [1.29, 1.82) is 0 Å². The van der Waals surface area contributed by atoms with Crippen molar-refractivity contribution in [2.45, 2.75) is 57.9 Å². The molecule has 0 unspecified atom stereocenters. The molecule has 2 aromatic rings. The Kier molecular flexibility index (Phi) is 12.9. The van der Waals surface area contributed by atoms with Crippen LogP contribution in [0.2, 0.25) is 0 Å². The number of rotatable bonds is 18. The number of nitrogens with one attached hydrogen (secondary N) is 4. The first-order chi connectivity index (χ1) is 18.2. The maximum atomic E-state index is 12.2. The van der Waals surface area contributed by atoms with Crippen LogP contribution in [-0.2, 0) is 20.7 Å². The number of carbonyl (C=O) groups excluding carboxylic acids is 1. The molecule has 1 fully saturated rings. The van der Waals surface area contributed by atoms with Crippen molar-refractivity contribution < 1.29 is 14.3 Å². The fourth-order valence-corrected chi connectivity index (χ4v) is 3.96. The zero-order valence-corrected chi connectivity index (χ0v) is 21.9. The van der Waals surface area contributed by atoms with Gasteiger partial charge in [-0.2, -0.15) is 15.0 Å². The van der Waals surface area contributed by atoms with Crippen molar-refractivity contribution in [3.63, 3.8) is 0 Å². The number of nitrogens with zero attached hydrogens (tertiary/aromatic N) is 3. The molecule has 1 amide bonds. The minimum Gasteiger partial charge on any atom is -0.378 e. The molecule has 1 aliphatic carbocycles. The molecule has 1 aromatic heterocycles. The molecule has 11 nitrogen and oxygen atoms in total. The van der Waals surface area contributed by atoms with E-state index in [1.165, 1.54) is 12.8 Å². The smallest absolute Gasteiger partial charge is 0.233 e. The molecular formula is C26H42N8O3. The second-order valence-corrected chi connectivity index (χ2v) is 9.07. The highest BCUT2D eigenvalue weighted by atomic mass is 16.5. The summed E-state index contributed by atoms with van der Waals surface area (Å²) in [6.07, 6.45) is 7.19. The van der Waals surface area contributed by atoms with Gasteiger partial charge in [-0.3, -0.25) is 4.79 Å². The van der Waals surface area contributed by atoms with Crippen LogP contribution in [0.5, 0.6) is 0 Å². The van der Waals surface area contributed by atoms with E-state index in [1.54, 1.807) is 0 Å². The highest BCUT2D eigenvalue weighted by molar-refractivity contribution is 5.78. The lowest BCUT2D eigenvalue weighted by Crippen LogP contribution is -2.29. The van der Waals surface area contributed by atoms with Crippen molar-refractivity contribution in [3.05, 3.63) is 29.8 Å². The highest BCUT2D eigenvalue weighted by Gasteiger charge is 2.17. The van der Waals surface area contributed by atoms with Crippen LogP contribution in [0.4, 0.5) is 23.5 Å². The summed E-state index contributed by atoms with van der Waals surface area (Å²) in [6, 6.07) is 8.10. The number of anilines is 4. The third-order valence-corrected chi connectivity index (χ3v) is 5.91. The Hall–Kier alpha value is -3.02. The number of ether oxygens (including phenoxy) is 2. The van der Waals surface area contributed by atoms with Gasteiger partial charge in [0.25, 0.3) is 0 Å². The second kappa shape index (κ2) is 16.7. The Bertz CT molecular complexity index is 923. The zero-order chi connectivity index (χ0) is 26.1. The van der Waals surface area contributed by atoms with Crippen molar-refractivity contribution in [3.8, 4) is 0 Å². The quantitative estimate of drug-likeness (QED) is 0.188. The van der Waals surface area contributed by atoms with Crippen LogP contribution in [0.1, 0.15) is 51.0 Å². The molecule has 0 aliphatic heterocycles. The number of amides is 1. The van der Waals surface area contributed by atoms with Crippen LogP contribution >= 0.6 is 0 Å². The van der Waals surface area contributed by atoms with E-state index in [9.17, 15) is 4.79 Å². The largest absolute Gasteiger partial charge is 0.378 e. The second-order valence-electron chi connectivity index (χ2n) is 9.07. The lowest BCUT2D eigenvalue weighted by molar-refractivity contribution is -0.120. The van der Waals surface area contributed by atoms with Gasteiger partial charge >= 0.3 is 0 Å². The molecule has 6 N–H and O–H groups in total. The summed E-state index contributed by atoms with van der Waals surface area (Å²) in [5.41, 5.74) is 7.11. The van der Waals surface area contributed by atoms with Gasteiger partial charge in [0, 0.05) is 31.4 Å². The molecule has 37 heavy (non-hydrogen) atoms. The Labute approximate surface area is 219 Å². The van der Waals surface area contributed by atoms with Crippen molar-refractivity contribution in [1.82, 2.24) is 20.3 Å². The number of unbranched alkanes of at least 4 members (excludes halogenated alkanes) is 1. The van der Waals surface area contributed by atoms with E-state index < -0.39 is 0 Å². The fraction of sp³-hybridized carbons (Fsp3) is 0.615. The van der Waals surface area contributed by atoms with Gasteiger partial charge in [-0.15, -0.1) is 0 Å². The number of benzene rings is 1. The van der Waals surface area contributed by atoms with Crippen LogP contribution < -0.4 is 27.0 Å². The monoisotopic (exact) mass is 514 g/mol. The number of nitrogens with two attached hydrogens (primary N) is 1. The van der Waals surface area contributed by atoms with E-state index >= 15 is 0 Å². The standard InChI is InChI=1S/C26H42N8O3/c1-2-3-13-29-24-32-25(30-21-6-4-5-7-21)34-26(33-24)31-22-10-8-20(9-11-22)19-23(35)28-14-16-37-18-17-36-15-12-27/h8-11,21H,2-7,12-19,27H2,1H3,(H,28,35)(H3,29,30,31,32,33,34). The third-order valence-electron chi connectivity index (χ3n) is 5.91. The summed E-state index contributed by atoms with van der Waals surface area (Å²) < 4.78 is 10.7. The molecule has 0 radical (unpaired) electrons. The van der Waals surface area contributed by atoms with Gasteiger partial charge in [0.05, 0.1) is 32.8 Å². The predicted molar refractivity (Wildman–Crippen MR) is 146 cm³/mol. The molecule has 1 aromatic carbocycles. The summed E-state index contributed by atoms with van der Waals surface area (Å²) in [6.45, 7) is 5.89. The molecule has 0 atom stereocenters. The zero-order valence-electron chi connectivity index (χ0n) is 21.9. The van der Waals surface area contributed by atoms with Crippen molar-refractivity contribution >= 4 is 29.4 Å². The first-order valence-electron chi connectivity index (χ1n) is 13.4. The average molecular weight is 515 g/mol. The number of aromatic nitrogens is 3. The molecule has 0 saturated heterocycles. The lowest BCUT2D eigenvalue weighted by Gasteiger charge is -2.14. The molecule has 1 saturated carbocycles. The molecule has 3 rings (SSSR count). The van der Waals surface area contributed by atoms with Gasteiger partial charge in [0.15, 0.2) is 0 Å². The lowest BCUT2D eigenvalue weighted by atomic mass is 10.1. The molecule has 11 heteroatoms. The SMILES string of the molecule is CCCCNc1nc(Nc2ccc(CC(=O)NCCOCCOCCN)cc2)nc(NC2CCCC2)n1. The van der Waals surface area contributed by atoms with E-state index in [4.69, 9.17) is 15.2 Å².